The molecule has 2 aromatic rings. The number of ether oxygens (including phenoxy) is 2. The van der Waals surface area contributed by atoms with Crippen LogP contribution in [0.4, 0.5) is 5.69 Å². The fourth-order valence-corrected chi connectivity index (χ4v) is 3.68. The third kappa shape index (κ3) is 6.20. The van der Waals surface area contributed by atoms with Gasteiger partial charge >= 0.3 is 0 Å². The first-order valence-electron chi connectivity index (χ1n) is 8.69. The van der Waals surface area contributed by atoms with E-state index in [2.05, 4.69) is 10.0 Å². The Kier molecular flexibility index (Phi) is 8.25. The number of anilines is 1. The van der Waals surface area contributed by atoms with E-state index in [1.165, 1.54) is 24.3 Å². The van der Waals surface area contributed by atoms with Crippen molar-refractivity contribution >= 4 is 33.2 Å². The van der Waals surface area contributed by atoms with Crippen LogP contribution in [0.25, 0.3) is 0 Å². The molecule has 0 unspecified atom stereocenters. The topological polar surface area (TPSA) is 93.7 Å². The second-order valence-corrected chi connectivity index (χ2v) is 8.00. The van der Waals surface area contributed by atoms with Crippen LogP contribution in [0.5, 0.6) is 5.75 Å². The lowest BCUT2D eigenvalue weighted by Gasteiger charge is -2.14. The summed E-state index contributed by atoms with van der Waals surface area (Å²) in [7, 11) is -2.18. The van der Waals surface area contributed by atoms with E-state index in [-0.39, 0.29) is 17.1 Å². The maximum atomic E-state index is 12.5. The van der Waals surface area contributed by atoms with E-state index in [4.69, 9.17) is 21.1 Å². The molecule has 9 heteroatoms. The quantitative estimate of drug-likeness (QED) is 0.568. The minimum atomic E-state index is -3.74. The van der Waals surface area contributed by atoms with Crippen LogP contribution in [0.1, 0.15) is 23.7 Å². The van der Waals surface area contributed by atoms with E-state index in [0.717, 1.165) is 0 Å². The molecule has 0 saturated heterocycles. The van der Waals surface area contributed by atoms with Crippen molar-refractivity contribution in [2.45, 2.75) is 18.2 Å². The Morgan fingerprint density at radius 1 is 1.18 bits per heavy atom. The predicted octanol–water partition coefficient (Wildman–Crippen LogP) is 3.31. The van der Waals surface area contributed by atoms with Gasteiger partial charge in [-0.15, -0.1) is 0 Å². The minimum absolute atomic E-state index is 0.0229. The number of hydrogen-bond acceptors (Lipinski definition) is 5. The van der Waals surface area contributed by atoms with Gasteiger partial charge in [-0.2, -0.15) is 0 Å². The van der Waals surface area contributed by atoms with Gasteiger partial charge in [0.2, 0.25) is 10.0 Å². The van der Waals surface area contributed by atoms with E-state index in [1.807, 2.05) is 0 Å². The molecule has 0 heterocycles. The number of carbonyl (C=O) groups is 1. The third-order valence-corrected chi connectivity index (χ3v) is 5.41. The van der Waals surface area contributed by atoms with Crippen LogP contribution < -0.4 is 14.8 Å². The highest BCUT2D eigenvalue weighted by Gasteiger charge is 2.18. The summed E-state index contributed by atoms with van der Waals surface area (Å²) in [6.45, 7) is 2.85. The zero-order valence-corrected chi connectivity index (χ0v) is 17.3. The summed E-state index contributed by atoms with van der Waals surface area (Å²) in [5, 5.41) is 3.12. The minimum Gasteiger partial charge on any atom is -0.492 e. The van der Waals surface area contributed by atoms with E-state index < -0.39 is 15.9 Å². The highest BCUT2D eigenvalue weighted by molar-refractivity contribution is 7.89. The molecule has 0 spiro atoms. The third-order valence-electron chi connectivity index (χ3n) is 3.71. The summed E-state index contributed by atoms with van der Waals surface area (Å²) >= 11 is 5.93. The standard InChI is InChI=1S/C19H23ClN2O5S/c1-3-27-18-9-8-16(28(24,25)21-10-5-11-26-2)13-17(18)22-19(23)14-6-4-7-15(20)12-14/h4,6-9,12-13,21H,3,5,10-11H2,1-2H3,(H,22,23). The lowest BCUT2D eigenvalue weighted by atomic mass is 10.2. The molecule has 7 nitrogen and oxygen atoms in total. The molecule has 0 bridgehead atoms. The van der Waals surface area contributed by atoms with Crippen LogP contribution in [0.3, 0.4) is 0 Å². The van der Waals surface area contributed by atoms with Crippen LogP contribution in [-0.2, 0) is 14.8 Å². The normalized spacial score (nSPS) is 11.2. The Balaban J connectivity index is 2.26. The summed E-state index contributed by atoms with van der Waals surface area (Å²) in [6.07, 6.45) is 0.547. The fourth-order valence-electron chi connectivity index (χ4n) is 2.39. The number of halogens is 1. The van der Waals surface area contributed by atoms with Gasteiger partial charge in [0.1, 0.15) is 5.75 Å². The zero-order chi connectivity index (χ0) is 20.6. The maximum absolute atomic E-state index is 12.5. The summed E-state index contributed by atoms with van der Waals surface area (Å²) in [5.41, 5.74) is 0.604. The molecule has 1 amide bonds. The molecule has 0 radical (unpaired) electrons. The van der Waals surface area contributed by atoms with Crippen molar-refractivity contribution in [2.24, 2.45) is 0 Å². The average Bonchev–Trinajstić information content (AvgIpc) is 2.66. The smallest absolute Gasteiger partial charge is 0.255 e. The molecule has 0 aliphatic rings. The highest BCUT2D eigenvalue weighted by atomic mass is 35.5. The van der Waals surface area contributed by atoms with Crippen LogP contribution in [0, 0.1) is 0 Å². The van der Waals surface area contributed by atoms with Gasteiger partial charge in [0.15, 0.2) is 0 Å². The first-order chi connectivity index (χ1) is 13.4. The van der Waals surface area contributed by atoms with E-state index >= 15 is 0 Å². The van der Waals surface area contributed by atoms with Crippen LogP contribution in [0.15, 0.2) is 47.4 Å². The fraction of sp³-hybridized carbons (Fsp3) is 0.316. The van der Waals surface area contributed by atoms with Gasteiger partial charge in [-0.1, -0.05) is 17.7 Å². The zero-order valence-electron chi connectivity index (χ0n) is 15.7. The molecule has 152 valence electrons. The Hall–Kier alpha value is -2.13. The molecule has 0 saturated carbocycles. The summed E-state index contributed by atoms with van der Waals surface area (Å²) in [6, 6.07) is 10.8. The van der Waals surface area contributed by atoms with Gasteiger partial charge in [0.05, 0.1) is 17.2 Å². The monoisotopic (exact) mass is 426 g/mol. The molecular formula is C19H23ClN2O5S. The first kappa shape index (κ1) is 22.2. The van der Waals surface area contributed by atoms with Crippen molar-refractivity contribution in [3.05, 3.63) is 53.1 Å². The number of sulfonamides is 1. The number of amides is 1. The predicted molar refractivity (Wildman–Crippen MR) is 109 cm³/mol. The second kappa shape index (κ2) is 10.4. The van der Waals surface area contributed by atoms with Crippen molar-refractivity contribution in [1.29, 1.82) is 0 Å². The summed E-state index contributed by atoms with van der Waals surface area (Å²) in [5.74, 6) is -0.0535. The van der Waals surface area contributed by atoms with Gasteiger partial charge in [0, 0.05) is 30.8 Å². The van der Waals surface area contributed by atoms with Gasteiger partial charge in [0.25, 0.3) is 5.91 Å². The number of rotatable bonds is 10. The summed E-state index contributed by atoms with van der Waals surface area (Å²) in [4.78, 5) is 12.5. The van der Waals surface area contributed by atoms with Gasteiger partial charge in [-0.25, -0.2) is 13.1 Å². The number of hydrogen-bond donors (Lipinski definition) is 2. The first-order valence-corrected chi connectivity index (χ1v) is 10.6. The van der Waals surface area contributed by atoms with Crippen molar-refractivity contribution in [3.63, 3.8) is 0 Å². The number of nitrogens with one attached hydrogen (secondary N) is 2. The van der Waals surface area contributed by atoms with Gasteiger partial charge in [-0.3, -0.25) is 4.79 Å². The highest BCUT2D eigenvalue weighted by Crippen LogP contribution is 2.28. The lowest BCUT2D eigenvalue weighted by molar-refractivity contribution is 0.102. The number of methoxy groups -OCH3 is 1. The van der Waals surface area contributed by atoms with Crippen LogP contribution in [0.2, 0.25) is 5.02 Å². The van der Waals surface area contributed by atoms with E-state index in [1.54, 1.807) is 32.2 Å². The average molecular weight is 427 g/mol. The molecule has 2 rings (SSSR count). The molecule has 0 aliphatic carbocycles. The van der Waals surface area contributed by atoms with Gasteiger partial charge in [-0.05, 0) is 49.7 Å². The molecule has 0 fully saturated rings. The Morgan fingerprint density at radius 2 is 1.96 bits per heavy atom. The van der Waals surface area contributed by atoms with Crippen molar-refractivity contribution in [2.75, 3.05) is 32.2 Å². The molecular weight excluding hydrogens is 404 g/mol. The van der Waals surface area contributed by atoms with E-state index in [0.29, 0.717) is 36.0 Å². The van der Waals surface area contributed by atoms with Crippen LogP contribution >= 0.6 is 11.6 Å². The molecule has 2 aromatic carbocycles. The molecule has 0 aromatic heterocycles. The number of benzene rings is 2. The maximum Gasteiger partial charge on any atom is 0.255 e. The van der Waals surface area contributed by atoms with Crippen molar-refractivity contribution in [1.82, 2.24) is 4.72 Å². The molecule has 28 heavy (non-hydrogen) atoms. The molecule has 2 N–H and O–H groups in total. The van der Waals surface area contributed by atoms with Crippen LogP contribution in [-0.4, -0.2) is 41.2 Å². The van der Waals surface area contributed by atoms with Gasteiger partial charge < -0.3 is 14.8 Å². The van der Waals surface area contributed by atoms with Crippen molar-refractivity contribution < 1.29 is 22.7 Å². The SMILES string of the molecule is CCOc1ccc(S(=O)(=O)NCCCOC)cc1NC(=O)c1cccc(Cl)c1. The molecule has 0 atom stereocenters. The van der Waals surface area contributed by atoms with Crippen molar-refractivity contribution in [3.8, 4) is 5.75 Å². The second-order valence-electron chi connectivity index (χ2n) is 5.80. The largest absolute Gasteiger partial charge is 0.492 e. The van der Waals surface area contributed by atoms with E-state index in [9.17, 15) is 13.2 Å². The number of carbonyl (C=O) groups excluding carboxylic acids is 1. The molecule has 0 aliphatic heterocycles. The Bertz CT molecular complexity index is 918. The Labute approximate surface area is 170 Å². The Morgan fingerprint density at radius 3 is 2.64 bits per heavy atom. The summed E-state index contributed by atoms with van der Waals surface area (Å²) < 4.78 is 37.9. The lowest BCUT2D eigenvalue weighted by Crippen LogP contribution is -2.25.